The van der Waals surface area contributed by atoms with E-state index in [-0.39, 0.29) is 27.3 Å². The molecule has 0 unspecified atom stereocenters. The van der Waals surface area contributed by atoms with E-state index in [0.717, 1.165) is 0 Å². The van der Waals surface area contributed by atoms with Crippen molar-refractivity contribution in [1.82, 2.24) is 0 Å². The first kappa shape index (κ1) is 23.3. The number of carboxylic acids is 3. The van der Waals surface area contributed by atoms with Gasteiger partial charge in [0.1, 0.15) is 0 Å². The van der Waals surface area contributed by atoms with Crippen molar-refractivity contribution in [1.29, 1.82) is 0 Å². The number of carboxylic acid groups (broad SMARTS) is 3. The first-order chi connectivity index (χ1) is 7.78. The van der Waals surface area contributed by atoms with Gasteiger partial charge in [-0.15, -0.1) is 0 Å². The quantitative estimate of drug-likeness (QED) is 0.172. The summed E-state index contributed by atoms with van der Waals surface area (Å²) in [6.45, 7) is 0. The van der Waals surface area contributed by atoms with Crippen LogP contribution in [0, 0.1) is 0 Å². The molecule has 13 heteroatoms. The number of aliphatic carboxylic acids is 3. The van der Waals surface area contributed by atoms with E-state index in [0.29, 0.717) is 0 Å². The van der Waals surface area contributed by atoms with Gasteiger partial charge in [-0.05, 0) is 0 Å². The van der Waals surface area contributed by atoms with Crippen molar-refractivity contribution in [3.05, 3.63) is 0 Å². The smallest absolute Gasteiger partial charge is 0.759 e. The van der Waals surface area contributed by atoms with Crippen LogP contribution >= 0.6 is 0 Å². The Morgan fingerprint density at radius 3 is 1.26 bits per heavy atom. The predicted octanol–water partition coefficient (Wildman–Crippen LogP) is -2.97. The molecule has 0 aromatic heterocycles. The molecule has 0 amide bonds. The van der Waals surface area contributed by atoms with Crippen LogP contribution in [-0.2, 0) is 24.8 Å². The van der Waals surface area contributed by atoms with Gasteiger partial charge >= 0.3 is 45.2 Å². The SMILES string of the molecule is O=C(O)CC(O)(CC(=O)O)C(=O)O.O=S(=O)([O-])[O-].[Pb+2]. The fourth-order valence-electron chi connectivity index (χ4n) is 0.714. The van der Waals surface area contributed by atoms with Crippen molar-refractivity contribution in [3.8, 4) is 0 Å². The summed E-state index contributed by atoms with van der Waals surface area (Å²) in [5, 5.41) is 33.8. The number of aliphatic hydroxyl groups is 1. The van der Waals surface area contributed by atoms with Crippen molar-refractivity contribution >= 4 is 55.6 Å². The van der Waals surface area contributed by atoms with Gasteiger partial charge < -0.3 is 29.5 Å². The zero-order chi connectivity index (χ0) is 15.1. The molecule has 0 aromatic rings. The number of carbonyl (C=O) groups is 3. The Hall–Kier alpha value is -0.838. The van der Waals surface area contributed by atoms with Gasteiger partial charge in [0, 0.05) is 10.4 Å². The van der Waals surface area contributed by atoms with Crippen LogP contribution < -0.4 is 0 Å². The molecule has 0 fully saturated rings. The van der Waals surface area contributed by atoms with E-state index in [4.69, 9.17) is 37.9 Å². The summed E-state index contributed by atoms with van der Waals surface area (Å²) in [6.07, 6.45) is -2.29. The monoisotopic (exact) mass is 496 g/mol. The second-order valence-corrected chi connectivity index (χ2v) is 3.70. The number of hydrogen-bond donors (Lipinski definition) is 4. The fraction of sp³-hybridized carbons (Fsp3) is 0.500. The third kappa shape index (κ3) is 17.2. The van der Waals surface area contributed by atoms with E-state index in [9.17, 15) is 14.4 Å². The van der Waals surface area contributed by atoms with Gasteiger partial charge in [0.2, 0.25) is 0 Å². The summed E-state index contributed by atoms with van der Waals surface area (Å²) in [6, 6.07) is 0. The Morgan fingerprint density at radius 2 is 1.16 bits per heavy atom. The minimum absolute atomic E-state index is 0. The summed E-state index contributed by atoms with van der Waals surface area (Å²) < 4.78 is 34.1. The number of rotatable bonds is 5. The van der Waals surface area contributed by atoms with E-state index in [1.54, 1.807) is 0 Å². The molecule has 108 valence electrons. The molecule has 0 rings (SSSR count). The standard InChI is InChI=1S/C6H8O7.H2O4S.Pb/c7-3(8)1-6(13,5(11)12)2-4(9)10;1-5(2,3)4;/h13H,1-2H2,(H,7,8)(H,9,10)(H,11,12);(H2,1,2,3,4);/q;;+2/p-2. The first-order valence-electron chi connectivity index (χ1n) is 3.84. The van der Waals surface area contributed by atoms with Gasteiger partial charge in [0.05, 0.1) is 12.8 Å². The molecular weight excluding hydrogens is 487 g/mol. The molecule has 19 heavy (non-hydrogen) atoms. The fourth-order valence-corrected chi connectivity index (χ4v) is 0.714. The molecule has 0 aliphatic heterocycles. The molecule has 0 aliphatic carbocycles. The molecule has 4 N–H and O–H groups in total. The van der Waals surface area contributed by atoms with Crippen LogP contribution in [0.15, 0.2) is 0 Å². The van der Waals surface area contributed by atoms with Gasteiger partial charge in [0.25, 0.3) is 0 Å². The summed E-state index contributed by atoms with van der Waals surface area (Å²) in [4.78, 5) is 30.5. The van der Waals surface area contributed by atoms with Crippen LogP contribution in [0.25, 0.3) is 0 Å². The molecule has 0 aliphatic rings. The number of hydrogen-bond acceptors (Lipinski definition) is 8. The average molecular weight is 495 g/mol. The van der Waals surface area contributed by atoms with Crippen LogP contribution in [0.4, 0.5) is 0 Å². The van der Waals surface area contributed by atoms with Gasteiger partial charge in [-0.25, -0.2) is 4.79 Å². The summed E-state index contributed by atoms with van der Waals surface area (Å²) in [5.41, 5.74) is -2.74. The maximum Gasteiger partial charge on any atom is 2.00 e. The minimum atomic E-state index is -5.17. The molecule has 0 saturated carbocycles. The van der Waals surface area contributed by atoms with Gasteiger partial charge in [-0.2, -0.15) is 0 Å². The van der Waals surface area contributed by atoms with Crippen LogP contribution in [-0.4, -0.2) is 88.8 Å². The molecule has 0 heterocycles. The Balaban J connectivity index is -0.000000366. The second kappa shape index (κ2) is 9.13. The molecule has 0 spiro atoms. The van der Waals surface area contributed by atoms with Crippen molar-refractivity contribution in [2.24, 2.45) is 0 Å². The Morgan fingerprint density at radius 1 is 0.947 bits per heavy atom. The molecule has 0 bridgehead atoms. The van der Waals surface area contributed by atoms with Crippen molar-refractivity contribution in [2.75, 3.05) is 0 Å². The van der Waals surface area contributed by atoms with E-state index < -0.39 is 46.7 Å². The summed E-state index contributed by atoms with van der Waals surface area (Å²) in [7, 11) is -5.17. The van der Waals surface area contributed by atoms with E-state index in [2.05, 4.69) is 0 Å². The molecule has 0 aromatic carbocycles. The third-order valence-electron chi connectivity index (χ3n) is 1.29. The van der Waals surface area contributed by atoms with Gasteiger partial charge in [0.15, 0.2) is 5.60 Å². The van der Waals surface area contributed by atoms with Gasteiger partial charge in [-0.1, -0.05) is 0 Å². The van der Waals surface area contributed by atoms with Crippen molar-refractivity contribution in [3.63, 3.8) is 0 Å². The summed E-state index contributed by atoms with van der Waals surface area (Å²) >= 11 is 0. The zero-order valence-corrected chi connectivity index (χ0v) is 13.7. The van der Waals surface area contributed by atoms with Crippen LogP contribution in [0.1, 0.15) is 12.8 Å². The van der Waals surface area contributed by atoms with E-state index >= 15 is 0 Å². The predicted molar refractivity (Wildman–Crippen MR) is 53.3 cm³/mol. The minimum Gasteiger partial charge on any atom is -0.759 e. The molecule has 2 radical (unpaired) electrons. The average Bonchev–Trinajstić information content (AvgIpc) is 1.95. The zero-order valence-electron chi connectivity index (χ0n) is 8.97. The van der Waals surface area contributed by atoms with Gasteiger partial charge in [-0.3, -0.25) is 18.0 Å². The van der Waals surface area contributed by atoms with E-state index in [1.165, 1.54) is 0 Å². The topological polar surface area (TPSA) is 212 Å². The molecule has 11 nitrogen and oxygen atoms in total. The largest absolute Gasteiger partial charge is 2.00 e. The second-order valence-electron chi connectivity index (χ2n) is 2.89. The molecule has 0 atom stereocenters. The maximum absolute atomic E-state index is 10.3. The normalized spacial score (nSPS) is 10.5. The van der Waals surface area contributed by atoms with Crippen LogP contribution in [0.3, 0.4) is 0 Å². The van der Waals surface area contributed by atoms with E-state index in [1.807, 2.05) is 0 Å². The molecule has 0 saturated heterocycles. The Kier molecular flexibility index (Phi) is 11.2. The Labute approximate surface area is 126 Å². The van der Waals surface area contributed by atoms with Crippen molar-refractivity contribution in [2.45, 2.75) is 18.4 Å². The Bertz CT molecular complexity index is 402. The molecular formula is C6H8O11PbS. The first-order valence-corrected chi connectivity index (χ1v) is 5.17. The third-order valence-corrected chi connectivity index (χ3v) is 1.29. The maximum atomic E-state index is 10.3. The van der Waals surface area contributed by atoms with Crippen LogP contribution in [0.2, 0.25) is 0 Å². The summed E-state index contributed by atoms with van der Waals surface area (Å²) in [5.74, 6) is -5.02. The van der Waals surface area contributed by atoms with Crippen LogP contribution in [0.5, 0.6) is 0 Å². The van der Waals surface area contributed by atoms with Crippen molar-refractivity contribution < 1.29 is 52.3 Å².